The molecule has 4 aliphatic heterocycles. The molecule has 10 rings (SSSR count). The van der Waals surface area contributed by atoms with Crippen LogP contribution in [0, 0.1) is 0 Å². The molecule has 43 nitrogen and oxygen atoms in total. The molecule has 0 spiro atoms. The smallest absolute Gasteiger partial charge is 0.220 e. The molecule has 2 aromatic rings. The summed E-state index contributed by atoms with van der Waals surface area (Å²) in [4.78, 5) is 15.8. The number of carbonyl (C=O) groups excluding carboxylic acids is 1. The van der Waals surface area contributed by atoms with Gasteiger partial charge in [0.1, 0.15) is 104 Å². The van der Waals surface area contributed by atoms with E-state index in [1.807, 2.05) is 0 Å². The molecule has 2 saturated carbocycles. The first-order valence-electron chi connectivity index (χ1n) is 46.0. The standard InChI is InChI=1S/C85H150N18O25S4/c1-117-54(75(126-79(118-2)59(94)65(109)49(104)19-20-86)50(105)37-119-77-63(107)45(90)32-47(92)73(77)124-80-60(95)69(113)66(110)51(34-87)120-80)38-131-29-24-101-84(129)99-22-5-7-27-103(26-6-3-4-21-98-56(106)18-17-42-31-43-13-8-11-40-15-16-41-12-9-14-44(42)58(41)57(40)43)28-10-23-100-85(130)102-25-30-132-39-55-76(127-82-62(97)71(115)68(112)53(36-89)122-82)72(116)83(123-55)128-78-64(108)46(91)33-48(93)74(78)125-81-61(96)70(114)67(111)52(35-88)121-81/h8-9,11-13,16,31,45-55,59-83,104-105,107-116H,3-7,10,14-15,17-30,32-39,86-97H2,1-2H3,(H,98,106)(H2,99,101,129)(H2,100,102,130)/t45-,46-,47?,48?,49-,50-,51?,52?,53+,54?,55?,59?,60?,61?,62?,63-,64-,65?,66-,67-,68-,69-,70-,71?,72+,73-,74-,75-,76+,77?,78?,79-,80+,81+,82-,83?/m1/s1. The fourth-order valence-corrected chi connectivity index (χ4v) is 20.4. The molecule has 4 aliphatic carbocycles. The highest BCUT2D eigenvalue weighted by Crippen LogP contribution is 2.42. The van der Waals surface area contributed by atoms with Crippen LogP contribution in [0.25, 0.3) is 16.3 Å². The maximum Gasteiger partial charge on any atom is 0.220 e. The first kappa shape index (κ1) is 110. The molecule has 6 fully saturated rings. The monoisotopic (exact) mass is 1950 g/mol. The summed E-state index contributed by atoms with van der Waals surface area (Å²) in [6.07, 6.45) is -22.9. The van der Waals surface area contributed by atoms with E-state index in [-0.39, 0.29) is 62.9 Å². The third kappa shape index (κ3) is 29.2. The summed E-state index contributed by atoms with van der Waals surface area (Å²) in [5.74, 6) is 1.38. The fourth-order valence-electron chi connectivity index (χ4n) is 18.1. The zero-order chi connectivity index (χ0) is 95.7. The van der Waals surface area contributed by atoms with E-state index in [4.69, 9.17) is 150 Å². The minimum atomic E-state index is -1.61. The zero-order valence-electron chi connectivity index (χ0n) is 75.2. The van der Waals surface area contributed by atoms with Gasteiger partial charge in [0.2, 0.25) is 5.91 Å². The molecule has 36 atom stereocenters. The number of nitrogens with two attached hydrogens (primary N) is 12. The molecule has 15 unspecified atom stereocenters. The molecule has 0 radical (unpaired) electrons. The SMILES string of the molecule is COC(CSCCNC(=S)NCCCCN(CCCCCNC(=O)CCc1cc2cccc3c2c2c1CC=CC2=CC3)CCCNC(=S)NCCSCC1OC(OC2[C@H](O[C@@H]3OC(CN)[C@@H](O)[C@H](O)C3N)C(N)C[C@@H](N)[C@H]2O)[C@@H](O)[C@H]1O[C@H]1O[C@@H](CN)[C@@H](O)C(O)C1N)[C@H](O[C@@H](OC)C(N)C(O)[C@H](O)CCN)[C@H](O)COC1[C@H](O[C@@H]2OC(CN)[C@@H](O)[C@H](O)C2N)C(N)C[C@@H](N)[C@H]1O. The molecular formula is C85H150N18O25S4. The van der Waals surface area contributed by atoms with E-state index in [2.05, 4.69) is 74.0 Å². The highest BCUT2D eigenvalue weighted by Gasteiger charge is 2.56. The summed E-state index contributed by atoms with van der Waals surface area (Å²) in [7, 11) is 2.69. The number of aryl methyl sites for hydroxylation is 1. The minimum Gasteiger partial charge on any atom is -0.390 e. The Morgan fingerprint density at radius 1 is 0.561 bits per heavy atom. The summed E-state index contributed by atoms with van der Waals surface area (Å²) < 4.78 is 73.3. The molecule has 47 heteroatoms. The van der Waals surface area contributed by atoms with Gasteiger partial charge in [-0.2, -0.15) is 23.5 Å². The number of nitrogens with one attached hydrogen (secondary N) is 5. The van der Waals surface area contributed by atoms with Crippen LogP contribution in [0.4, 0.5) is 0 Å². The quantitative estimate of drug-likeness (QED) is 0.0166. The van der Waals surface area contributed by atoms with Gasteiger partial charge in [-0.1, -0.05) is 48.9 Å². The van der Waals surface area contributed by atoms with Crippen molar-refractivity contribution in [3.8, 4) is 0 Å². The van der Waals surface area contributed by atoms with Crippen LogP contribution in [0.2, 0.25) is 0 Å². The normalized spacial score (nSPS) is 34.6. The average Bonchev–Trinajstić information content (AvgIpc) is 0.824. The molecule has 2 aromatic carbocycles. The Hall–Kier alpha value is -3.75. The molecule has 4 saturated heterocycles. The zero-order valence-corrected chi connectivity index (χ0v) is 78.5. The van der Waals surface area contributed by atoms with E-state index < -0.39 is 227 Å². The molecule has 754 valence electrons. The van der Waals surface area contributed by atoms with Crippen LogP contribution >= 0.6 is 48.0 Å². The third-order valence-electron chi connectivity index (χ3n) is 25.9. The number of ether oxygens (including phenoxy) is 12. The Morgan fingerprint density at radius 3 is 1.65 bits per heavy atom. The number of thiocarbonyl (C=S) groups is 2. The molecular weight excluding hydrogens is 1800 g/mol. The van der Waals surface area contributed by atoms with Gasteiger partial charge in [-0.05, 0) is 160 Å². The van der Waals surface area contributed by atoms with Gasteiger partial charge in [0.25, 0.3) is 0 Å². The lowest BCUT2D eigenvalue weighted by atomic mass is 9.79. The van der Waals surface area contributed by atoms with Crippen molar-refractivity contribution in [3.63, 3.8) is 0 Å². The van der Waals surface area contributed by atoms with Gasteiger partial charge in [-0.25, -0.2) is 0 Å². The lowest BCUT2D eigenvalue weighted by molar-refractivity contribution is -0.306. The Morgan fingerprint density at radius 2 is 1.08 bits per heavy atom. The van der Waals surface area contributed by atoms with Gasteiger partial charge in [-0.15, -0.1) is 0 Å². The number of thioether (sulfide) groups is 2. The van der Waals surface area contributed by atoms with Crippen molar-refractivity contribution in [1.29, 1.82) is 0 Å². The van der Waals surface area contributed by atoms with Gasteiger partial charge in [0.05, 0.1) is 67.4 Å². The number of rotatable bonds is 53. The molecule has 132 heavy (non-hydrogen) atoms. The Bertz CT molecular complexity index is 3890. The first-order chi connectivity index (χ1) is 63.3. The van der Waals surface area contributed by atoms with Crippen molar-refractivity contribution in [2.45, 2.75) is 304 Å². The van der Waals surface area contributed by atoms with E-state index in [9.17, 15) is 66.1 Å². The van der Waals surface area contributed by atoms with E-state index in [0.29, 0.717) is 67.3 Å². The second-order valence-corrected chi connectivity index (χ2v) is 38.4. The van der Waals surface area contributed by atoms with Crippen LogP contribution in [-0.4, -0.2) is 425 Å². The summed E-state index contributed by atoms with van der Waals surface area (Å²) in [6, 6.07) is -0.0580. The summed E-state index contributed by atoms with van der Waals surface area (Å²) in [5.41, 5.74) is 80.9. The number of hydrogen-bond donors (Lipinski definition) is 29. The summed E-state index contributed by atoms with van der Waals surface area (Å²) >= 11 is 14.3. The number of methoxy groups -OCH3 is 2. The van der Waals surface area contributed by atoms with Gasteiger partial charge in [-0.3, -0.25) is 4.79 Å². The minimum absolute atomic E-state index is 0.00774. The van der Waals surface area contributed by atoms with E-state index in [1.165, 1.54) is 76.3 Å². The Balaban J connectivity index is 0.699. The second-order valence-electron chi connectivity index (χ2n) is 35.3. The fraction of sp³-hybridized carbons (Fsp3) is 0.800. The Labute approximate surface area is 790 Å². The van der Waals surface area contributed by atoms with Gasteiger partial charge in [0.15, 0.2) is 41.7 Å². The maximum absolute atomic E-state index is 13.4. The number of hydrogen-bond acceptors (Lipinski definition) is 42. The molecule has 4 heterocycles. The van der Waals surface area contributed by atoms with Crippen molar-refractivity contribution in [2.75, 3.05) is 122 Å². The maximum atomic E-state index is 13.4. The predicted octanol–water partition coefficient (Wildman–Crippen LogP) is -9.84. The highest BCUT2D eigenvalue weighted by molar-refractivity contribution is 7.99. The molecule has 41 N–H and O–H groups in total. The molecule has 8 aliphatic rings. The van der Waals surface area contributed by atoms with Crippen LogP contribution in [0.5, 0.6) is 0 Å². The number of aliphatic hydroxyl groups is 12. The number of aliphatic hydroxyl groups excluding tert-OH is 12. The first-order valence-corrected chi connectivity index (χ1v) is 49.1. The second kappa shape index (κ2) is 54.3. The van der Waals surface area contributed by atoms with Gasteiger partial charge in [0, 0.05) is 120 Å². The van der Waals surface area contributed by atoms with Crippen molar-refractivity contribution < 1.29 is 123 Å². The van der Waals surface area contributed by atoms with Crippen LogP contribution in [0.15, 0.2) is 42.5 Å². The number of nitrogens with zero attached hydrogens (tertiary/aromatic N) is 1. The highest BCUT2D eigenvalue weighted by atomic mass is 32.2. The average molecular weight is 1950 g/mol. The lowest BCUT2D eigenvalue weighted by Gasteiger charge is -2.47. The number of carbonyl (C=O) groups is 1. The van der Waals surface area contributed by atoms with Gasteiger partial charge >= 0.3 is 0 Å². The number of allylic oxidation sites excluding steroid dienone is 4. The topological polar surface area (TPSA) is 746 Å². The van der Waals surface area contributed by atoms with E-state index in [0.717, 1.165) is 71.0 Å². The Kier molecular flexibility index (Phi) is 45.4. The summed E-state index contributed by atoms with van der Waals surface area (Å²) in [6.45, 7) is 3.80. The van der Waals surface area contributed by atoms with E-state index >= 15 is 0 Å². The third-order valence-corrected chi connectivity index (χ3v) is 28.6. The molecule has 1 amide bonds. The number of amides is 1. The van der Waals surface area contributed by atoms with Crippen LogP contribution < -0.4 is 95.4 Å². The van der Waals surface area contributed by atoms with Crippen LogP contribution in [0.3, 0.4) is 0 Å². The van der Waals surface area contributed by atoms with Crippen molar-refractivity contribution in [1.82, 2.24) is 31.5 Å². The van der Waals surface area contributed by atoms with Crippen LogP contribution in [-0.2, 0) is 80.9 Å². The lowest BCUT2D eigenvalue weighted by Crippen LogP contribution is -2.68. The van der Waals surface area contributed by atoms with Crippen molar-refractivity contribution in [2.24, 2.45) is 68.8 Å². The number of unbranched alkanes of at least 4 members (excludes halogenated alkanes) is 3. The molecule has 0 aromatic heterocycles. The van der Waals surface area contributed by atoms with Crippen molar-refractivity contribution >= 4 is 80.4 Å². The largest absolute Gasteiger partial charge is 0.390 e. The van der Waals surface area contributed by atoms with Crippen molar-refractivity contribution in [3.05, 3.63) is 64.7 Å². The predicted molar refractivity (Wildman–Crippen MR) is 502 cm³/mol. The number of benzene rings is 2. The van der Waals surface area contributed by atoms with Crippen LogP contribution in [0.1, 0.15) is 86.5 Å². The van der Waals surface area contributed by atoms with E-state index in [1.54, 1.807) is 0 Å². The molecule has 0 bridgehead atoms. The summed E-state index contributed by atoms with van der Waals surface area (Å²) in [5, 5.41) is 153. The van der Waals surface area contributed by atoms with Gasteiger partial charge < -0.3 is 218 Å².